The van der Waals surface area contributed by atoms with Gasteiger partial charge in [-0.05, 0) is 64.9 Å². The van der Waals surface area contributed by atoms with E-state index >= 15 is 0 Å². The number of hydrogen-bond donors (Lipinski definition) is 1. The van der Waals surface area contributed by atoms with Crippen molar-refractivity contribution in [2.45, 2.75) is 13.8 Å². The van der Waals surface area contributed by atoms with Crippen LogP contribution in [0, 0.1) is 13.8 Å². The lowest BCUT2D eigenvalue weighted by atomic mass is 9.93. The maximum absolute atomic E-state index is 6.00. The van der Waals surface area contributed by atoms with Crippen molar-refractivity contribution in [1.82, 2.24) is 0 Å². The van der Waals surface area contributed by atoms with Gasteiger partial charge in [-0.2, -0.15) is 0 Å². The third-order valence-corrected chi connectivity index (χ3v) is 6.03. The van der Waals surface area contributed by atoms with E-state index in [9.17, 15) is 0 Å². The van der Waals surface area contributed by atoms with Crippen LogP contribution < -0.4 is 5.73 Å². The average molecular weight is 454 g/mol. The van der Waals surface area contributed by atoms with Gasteiger partial charge >= 0.3 is 0 Å². The molecule has 35 heavy (non-hydrogen) atoms. The Morgan fingerprint density at radius 3 is 1.63 bits per heavy atom. The predicted molar refractivity (Wildman–Crippen MR) is 153 cm³/mol. The zero-order valence-corrected chi connectivity index (χ0v) is 20.4. The first kappa shape index (κ1) is 23.8. The van der Waals surface area contributed by atoms with Gasteiger partial charge in [-0.3, -0.25) is 0 Å². The molecule has 0 aliphatic carbocycles. The van der Waals surface area contributed by atoms with Crippen LogP contribution >= 0.6 is 0 Å². The molecule has 5 rings (SSSR count). The summed E-state index contributed by atoms with van der Waals surface area (Å²) >= 11 is 0. The van der Waals surface area contributed by atoms with Crippen molar-refractivity contribution in [2.75, 3.05) is 5.73 Å². The summed E-state index contributed by atoms with van der Waals surface area (Å²) in [5.41, 5.74) is 17.8. The van der Waals surface area contributed by atoms with Gasteiger partial charge in [0, 0.05) is 5.69 Å². The number of nitrogen functional groups attached to an aromatic ring is 1. The van der Waals surface area contributed by atoms with Gasteiger partial charge in [-0.1, -0.05) is 133 Å². The number of nitrogens with two attached hydrogens (primary N) is 1. The molecule has 0 bridgehead atoms. The molecule has 0 aliphatic rings. The molecule has 0 atom stereocenters. The SMILES string of the molecule is C=Cc1ccccc1-c1ccccc1.Cc1ccc(-c2ccc(N)cc2-c2ccc(C)cc2)cc1. The van der Waals surface area contributed by atoms with E-state index in [2.05, 4.69) is 124 Å². The van der Waals surface area contributed by atoms with Crippen molar-refractivity contribution in [2.24, 2.45) is 0 Å². The van der Waals surface area contributed by atoms with Crippen LogP contribution in [0.25, 0.3) is 39.5 Å². The monoisotopic (exact) mass is 453 g/mol. The van der Waals surface area contributed by atoms with Crippen molar-refractivity contribution in [3.05, 3.63) is 145 Å². The van der Waals surface area contributed by atoms with Gasteiger partial charge < -0.3 is 5.73 Å². The third kappa shape index (κ3) is 5.96. The van der Waals surface area contributed by atoms with E-state index in [1.165, 1.54) is 50.1 Å². The Labute approximate surface area is 209 Å². The van der Waals surface area contributed by atoms with Gasteiger partial charge in [0.25, 0.3) is 0 Å². The lowest BCUT2D eigenvalue weighted by Crippen LogP contribution is -1.90. The second-order valence-corrected chi connectivity index (χ2v) is 8.69. The van der Waals surface area contributed by atoms with Gasteiger partial charge in [0.1, 0.15) is 0 Å². The summed E-state index contributed by atoms with van der Waals surface area (Å²) in [6.07, 6.45) is 1.89. The molecule has 0 spiro atoms. The third-order valence-electron chi connectivity index (χ3n) is 6.03. The van der Waals surface area contributed by atoms with Crippen LogP contribution in [0.5, 0.6) is 0 Å². The van der Waals surface area contributed by atoms with Crippen molar-refractivity contribution >= 4 is 11.8 Å². The first-order valence-electron chi connectivity index (χ1n) is 11.9. The van der Waals surface area contributed by atoms with Crippen LogP contribution in [-0.2, 0) is 0 Å². The molecule has 2 N–H and O–H groups in total. The molecule has 0 saturated heterocycles. The molecule has 0 aliphatic heterocycles. The minimum Gasteiger partial charge on any atom is -0.399 e. The van der Waals surface area contributed by atoms with Gasteiger partial charge in [0.2, 0.25) is 0 Å². The van der Waals surface area contributed by atoms with Crippen molar-refractivity contribution in [3.63, 3.8) is 0 Å². The maximum atomic E-state index is 6.00. The van der Waals surface area contributed by atoms with E-state index < -0.39 is 0 Å². The number of rotatable bonds is 4. The van der Waals surface area contributed by atoms with Crippen molar-refractivity contribution < 1.29 is 0 Å². The van der Waals surface area contributed by atoms with E-state index in [-0.39, 0.29) is 0 Å². The smallest absolute Gasteiger partial charge is 0.0320 e. The van der Waals surface area contributed by atoms with Gasteiger partial charge in [-0.15, -0.1) is 0 Å². The van der Waals surface area contributed by atoms with Gasteiger partial charge in [-0.25, -0.2) is 0 Å². The first-order chi connectivity index (χ1) is 17.0. The van der Waals surface area contributed by atoms with Crippen LogP contribution in [0.3, 0.4) is 0 Å². The fraction of sp³-hybridized carbons (Fsp3) is 0.0588. The Bertz CT molecular complexity index is 1400. The van der Waals surface area contributed by atoms with E-state index in [0.29, 0.717) is 0 Å². The number of hydrogen-bond acceptors (Lipinski definition) is 1. The quantitative estimate of drug-likeness (QED) is 0.270. The van der Waals surface area contributed by atoms with E-state index in [1.54, 1.807) is 0 Å². The van der Waals surface area contributed by atoms with Crippen molar-refractivity contribution in [3.8, 4) is 33.4 Å². The molecule has 1 heteroatoms. The summed E-state index contributed by atoms with van der Waals surface area (Å²) in [5.74, 6) is 0. The van der Waals surface area contributed by atoms with Crippen LogP contribution in [0.1, 0.15) is 16.7 Å². The Hall–Kier alpha value is -4.36. The van der Waals surface area contributed by atoms with Gasteiger partial charge in [0.15, 0.2) is 0 Å². The minimum atomic E-state index is 0.793. The Balaban J connectivity index is 0.000000179. The Morgan fingerprint density at radius 1 is 0.514 bits per heavy atom. The maximum Gasteiger partial charge on any atom is 0.0320 e. The molecule has 0 saturated carbocycles. The van der Waals surface area contributed by atoms with E-state index in [4.69, 9.17) is 5.73 Å². The molecule has 5 aromatic rings. The van der Waals surface area contributed by atoms with Gasteiger partial charge in [0.05, 0.1) is 0 Å². The zero-order chi connectivity index (χ0) is 24.6. The summed E-state index contributed by atoms with van der Waals surface area (Å²) in [6.45, 7) is 8.02. The molecule has 0 radical (unpaired) electrons. The molecule has 0 aromatic heterocycles. The standard InChI is InChI=1S/C20H19N.C14H12/c1-14-3-7-16(8-4-14)19-12-11-18(21)13-20(19)17-9-5-15(2)6-10-17;1-2-12-8-6-7-11-14(12)13-9-4-3-5-10-13/h3-13H,21H2,1-2H3;2-11H,1H2. The molecule has 172 valence electrons. The summed E-state index contributed by atoms with van der Waals surface area (Å²) in [6, 6.07) is 42.0. The summed E-state index contributed by atoms with van der Waals surface area (Å²) in [4.78, 5) is 0. The van der Waals surface area contributed by atoms with E-state index in [0.717, 1.165) is 5.69 Å². The molecule has 0 amide bonds. The predicted octanol–water partition coefficient (Wildman–Crippen LogP) is 9.22. The molecule has 5 aromatic carbocycles. The summed E-state index contributed by atoms with van der Waals surface area (Å²) < 4.78 is 0. The number of anilines is 1. The highest BCUT2D eigenvalue weighted by molar-refractivity contribution is 5.85. The average Bonchev–Trinajstić information content (AvgIpc) is 2.90. The largest absolute Gasteiger partial charge is 0.399 e. The second-order valence-electron chi connectivity index (χ2n) is 8.69. The molecule has 0 unspecified atom stereocenters. The zero-order valence-electron chi connectivity index (χ0n) is 20.4. The highest BCUT2D eigenvalue weighted by Gasteiger charge is 2.08. The fourth-order valence-corrected chi connectivity index (χ4v) is 4.07. The van der Waals surface area contributed by atoms with Crippen molar-refractivity contribution in [1.29, 1.82) is 0 Å². The molecular formula is C34H31N. The highest BCUT2D eigenvalue weighted by Crippen LogP contribution is 2.34. The second kappa shape index (κ2) is 11.2. The summed E-state index contributed by atoms with van der Waals surface area (Å²) in [7, 11) is 0. The molecule has 0 fully saturated rings. The van der Waals surface area contributed by atoms with E-state index in [1.807, 2.05) is 24.3 Å². The lowest BCUT2D eigenvalue weighted by Gasteiger charge is -2.12. The molecule has 0 heterocycles. The Kier molecular flexibility index (Phi) is 7.60. The number of aryl methyl sites for hydroxylation is 2. The number of benzene rings is 5. The fourth-order valence-electron chi connectivity index (χ4n) is 4.07. The van der Waals surface area contributed by atoms with Crippen LogP contribution in [-0.4, -0.2) is 0 Å². The normalized spacial score (nSPS) is 10.2. The highest BCUT2D eigenvalue weighted by atomic mass is 14.5. The first-order valence-corrected chi connectivity index (χ1v) is 11.9. The topological polar surface area (TPSA) is 26.0 Å². The molecular weight excluding hydrogens is 422 g/mol. The van der Waals surface area contributed by atoms with Crippen LogP contribution in [0.15, 0.2) is 128 Å². The Morgan fingerprint density at radius 2 is 1.03 bits per heavy atom. The van der Waals surface area contributed by atoms with Crippen LogP contribution in [0.2, 0.25) is 0 Å². The van der Waals surface area contributed by atoms with Crippen LogP contribution in [0.4, 0.5) is 5.69 Å². The minimum absolute atomic E-state index is 0.793. The summed E-state index contributed by atoms with van der Waals surface area (Å²) in [5, 5.41) is 0. The molecule has 1 nitrogen and oxygen atoms in total. The lowest BCUT2D eigenvalue weighted by molar-refractivity contribution is 1.46.